The van der Waals surface area contributed by atoms with E-state index in [9.17, 15) is 0 Å². The van der Waals surface area contributed by atoms with E-state index in [1.54, 1.807) is 0 Å². The first-order valence-corrected chi connectivity index (χ1v) is 28.8. The zero-order valence-corrected chi connectivity index (χ0v) is 47.6. The van der Waals surface area contributed by atoms with Gasteiger partial charge in [0.2, 0.25) is 0 Å². The van der Waals surface area contributed by atoms with E-state index in [0.717, 1.165) is 0 Å². The van der Waals surface area contributed by atoms with Crippen molar-refractivity contribution in [2.75, 3.05) is 0 Å². The second-order valence-electron chi connectivity index (χ2n) is 25.0. The Morgan fingerprint density at radius 1 is 0.235 bits per heavy atom. The quantitative estimate of drug-likeness (QED) is 0.144. The van der Waals surface area contributed by atoms with Gasteiger partial charge in [-0.05, 0) is 166 Å². The van der Waals surface area contributed by atoms with Crippen molar-refractivity contribution in [2.45, 2.75) is 57.8 Å². The molecule has 0 aliphatic heterocycles. The molecule has 0 fully saturated rings. The van der Waals surface area contributed by atoms with Crippen LogP contribution in [0.5, 0.6) is 0 Å². The van der Waals surface area contributed by atoms with Crippen LogP contribution < -0.4 is 0 Å². The van der Waals surface area contributed by atoms with Crippen molar-refractivity contribution >= 4 is 97.7 Å². The van der Waals surface area contributed by atoms with Crippen LogP contribution in [0.4, 0.5) is 0 Å². The Morgan fingerprint density at radius 2 is 0.593 bits per heavy atom. The monoisotopic (exact) mass is 1040 g/mol. The molecule has 18 rings (SSSR count). The van der Waals surface area contributed by atoms with Crippen LogP contribution in [0.15, 0.2) is 218 Å². The maximum absolute atomic E-state index is 2.44. The molecule has 15 aromatic rings. The van der Waals surface area contributed by atoms with Crippen LogP contribution in [0.25, 0.3) is 131 Å². The molecule has 390 valence electrons. The Balaban J connectivity index is 0.000000100. The van der Waals surface area contributed by atoms with E-state index in [0.29, 0.717) is 0 Å². The third kappa shape index (κ3) is 6.52. The summed E-state index contributed by atoms with van der Waals surface area (Å²) in [6.07, 6.45) is 0. The number of fused-ring (bicyclic) bond motifs is 23. The number of benzene rings is 12. The Hall–Kier alpha value is -9.18. The number of hydrogen-bond acceptors (Lipinski definition) is 0. The van der Waals surface area contributed by atoms with Crippen molar-refractivity contribution < 1.29 is 0 Å². The molecular weight excluding hydrogens is 979 g/mol. The van der Waals surface area contributed by atoms with E-state index in [2.05, 4.69) is 295 Å². The van der Waals surface area contributed by atoms with Crippen LogP contribution in [0.2, 0.25) is 0 Å². The zero-order chi connectivity index (χ0) is 55.0. The largest absolute Gasteiger partial charge is 0.344 e. The Kier molecular flexibility index (Phi) is 9.85. The first-order valence-electron chi connectivity index (χ1n) is 28.8. The lowest BCUT2D eigenvalue weighted by Gasteiger charge is -2.23. The predicted molar refractivity (Wildman–Crippen MR) is 346 cm³/mol. The Morgan fingerprint density at radius 3 is 1.14 bits per heavy atom. The van der Waals surface area contributed by atoms with Gasteiger partial charge < -0.3 is 13.7 Å². The van der Waals surface area contributed by atoms with Gasteiger partial charge in [-0.15, -0.1) is 0 Å². The minimum atomic E-state index is -0.00380. The van der Waals surface area contributed by atoms with Gasteiger partial charge in [0, 0.05) is 103 Å². The van der Waals surface area contributed by atoms with Crippen molar-refractivity contribution in [1.29, 1.82) is 0 Å². The first kappa shape index (κ1) is 47.8. The van der Waals surface area contributed by atoms with Gasteiger partial charge in [-0.1, -0.05) is 193 Å². The molecule has 81 heavy (non-hydrogen) atoms. The van der Waals surface area contributed by atoms with E-state index in [1.807, 2.05) is 0 Å². The van der Waals surface area contributed by atoms with E-state index >= 15 is 0 Å². The van der Waals surface area contributed by atoms with E-state index in [-0.39, 0.29) is 16.2 Å². The maximum atomic E-state index is 2.44. The summed E-state index contributed by atoms with van der Waals surface area (Å²) < 4.78 is 7.00. The summed E-state index contributed by atoms with van der Waals surface area (Å²) in [6, 6.07) is 81.0. The topological polar surface area (TPSA) is 14.8 Å². The molecule has 0 saturated carbocycles. The molecule has 0 spiro atoms. The van der Waals surface area contributed by atoms with Crippen LogP contribution in [0.3, 0.4) is 0 Å². The molecule has 3 aromatic heterocycles. The highest BCUT2D eigenvalue weighted by Gasteiger charge is 2.40. The normalized spacial score (nSPS) is 14.8. The fraction of sp³-hybridized carbons (Fsp3) is 0.154. The molecule has 12 aromatic carbocycles. The average molecular weight is 1040 g/mol. The number of rotatable bonds is 0. The van der Waals surface area contributed by atoms with Gasteiger partial charge >= 0.3 is 0 Å². The molecule has 3 aliphatic carbocycles. The third-order valence-electron chi connectivity index (χ3n) is 19.7. The highest BCUT2D eigenvalue weighted by Crippen LogP contribution is 2.56. The van der Waals surface area contributed by atoms with Crippen molar-refractivity contribution in [2.24, 2.45) is 21.1 Å². The van der Waals surface area contributed by atoms with E-state index in [1.165, 1.54) is 164 Å². The number of nitrogens with zero attached hydrogens (tertiary/aromatic N) is 3. The minimum absolute atomic E-state index is 0.00380. The van der Waals surface area contributed by atoms with Gasteiger partial charge in [-0.3, -0.25) is 0 Å². The lowest BCUT2D eigenvalue weighted by atomic mass is 9.80. The van der Waals surface area contributed by atoms with Crippen molar-refractivity contribution in [3.63, 3.8) is 0 Å². The molecule has 0 atom stereocenters. The predicted octanol–water partition coefficient (Wildman–Crippen LogP) is 20.4. The Bertz CT molecular complexity index is 5160. The molecule has 3 heterocycles. The summed E-state index contributed by atoms with van der Waals surface area (Å²) in [6.45, 7) is 14.2. The lowest BCUT2D eigenvalue weighted by Crippen LogP contribution is -2.15. The van der Waals surface area contributed by atoms with Gasteiger partial charge in [0.1, 0.15) is 0 Å². The van der Waals surface area contributed by atoms with Crippen LogP contribution in [0, 0.1) is 0 Å². The van der Waals surface area contributed by atoms with Gasteiger partial charge in [-0.2, -0.15) is 0 Å². The van der Waals surface area contributed by atoms with Crippen molar-refractivity contribution in [1.82, 2.24) is 13.7 Å². The SMILES string of the molecule is Cn1c2ccccc2c2cc3c(cc21)C(C)(C)c1c-3ccc2ccccc12.Cn1c2ccccc2c2cc3c(cc21)C(C)(C)c1cc2ccccc2cc1-3.Cn1c2ccccc2c2cc3c(cc21)C(C)(C)c1ccc2ccccc2c1-3. The third-order valence-corrected chi connectivity index (χ3v) is 19.7. The summed E-state index contributed by atoms with van der Waals surface area (Å²) in [5, 5.41) is 16.1. The van der Waals surface area contributed by atoms with Crippen molar-refractivity contribution in [3.8, 4) is 33.4 Å². The van der Waals surface area contributed by atoms with Crippen molar-refractivity contribution in [3.05, 3.63) is 252 Å². The van der Waals surface area contributed by atoms with Gasteiger partial charge in [-0.25, -0.2) is 0 Å². The molecule has 0 N–H and O–H groups in total. The first-order chi connectivity index (χ1) is 39.2. The molecule has 0 unspecified atom stereocenters. The summed E-state index contributed by atoms with van der Waals surface area (Å²) in [5.74, 6) is 0. The van der Waals surface area contributed by atoms with Gasteiger partial charge in [0.15, 0.2) is 0 Å². The second-order valence-corrected chi connectivity index (χ2v) is 25.0. The molecule has 0 radical (unpaired) electrons. The van der Waals surface area contributed by atoms with Crippen LogP contribution in [-0.2, 0) is 37.4 Å². The number of hydrogen-bond donors (Lipinski definition) is 0. The number of aryl methyl sites for hydroxylation is 3. The molecule has 0 amide bonds. The second kappa shape index (κ2) is 16.7. The highest BCUT2D eigenvalue weighted by atomic mass is 14.9. The van der Waals surface area contributed by atoms with Gasteiger partial charge in [0.05, 0.1) is 0 Å². The summed E-state index contributed by atoms with van der Waals surface area (Å²) >= 11 is 0. The molecule has 0 bridgehead atoms. The highest BCUT2D eigenvalue weighted by molar-refractivity contribution is 6.15. The molecule has 0 saturated heterocycles. The van der Waals surface area contributed by atoms with E-state index < -0.39 is 0 Å². The minimum Gasteiger partial charge on any atom is -0.344 e. The van der Waals surface area contributed by atoms with Crippen LogP contribution in [-0.4, -0.2) is 13.7 Å². The maximum Gasteiger partial charge on any atom is 0.0492 e. The number of aromatic nitrogens is 3. The smallest absolute Gasteiger partial charge is 0.0492 e. The number of para-hydroxylation sites is 3. The molecule has 3 nitrogen and oxygen atoms in total. The van der Waals surface area contributed by atoms with E-state index in [4.69, 9.17) is 0 Å². The Labute approximate surface area is 472 Å². The summed E-state index contributed by atoms with van der Waals surface area (Å²) in [7, 11) is 6.55. The fourth-order valence-electron chi connectivity index (χ4n) is 15.5. The van der Waals surface area contributed by atoms with Crippen LogP contribution in [0.1, 0.15) is 74.9 Å². The standard InChI is InChI=1S/3C26H21N/c1-26(2)22-13-17-9-5-4-8-16(17)12-19(22)20-14-21-18-10-6-7-11-24(18)27(3)25(21)15-23(20)26;1-26(2)21-13-12-16-8-4-5-9-17(16)25(21)20-14-19-18-10-6-7-11-23(18)27(3)24(19)15-22(20)26;1-26(2)22-15-24-21(18-10-6-7-11-23(18)27(24)3)14-20(22)19-13-12-16-8-4-5-9-17(16)25(19)26/h3*4-15H,1-3H3. The van der Waals surface area contributed by atoms with Crippen LogP contribution >= 0.6 is 0 Å². The fourth-order valence-corrected chi connectivity index (χ4v) is 15.5. The summed E-state index contributed by atoms with van der Waals surface area (Å²) in [5.41, 5.74) is 24.9. The molecular formula is C78H63N3. The molecule has 3 heteroatoms. The summed E-state index contributed by atoms with van der Waals surface area (Å²) in [4.78, 5) is 0. The molecule has 3 aliphatic rings. The lowest BCUT2D eigenvalue weighted by molar-refractivity contribution is 0.661. The van der Waals surface area contributed by atoms with Gasteiger partial charge in [0.25, 0.3) is 0 Å². The zero-order valence-electron chi connectivity index (χ0n) is 47.6. The average Bonchev–Trinajstić information content (AvgIpc) is 3.43.